The maximum absolute atomic E-state index is 11.6. The summed E-state index contributed by atoms with van der Waals surface area (Å²) in [6, 6.07) is 2.52. The van der Waals surface area contributed by atoms with Gasteiger partial charge in [-0.25, -0.2) is 4.98 Å². The first-order valence-corrected chi connectivity index (χ1v) is 6.00. The van der Waals surface area contributed by atoms with Gasteiger partial charge in [-0.15, -0.1) is 0 Å². The Morgan fingerprint density at radius 1 is 1.48 bits per heavy atom. The molecule has 1 heterocycles. The van der Waals surface area contributed by atoms with Crippen molar-refractivity contribution >= 4 is 28.2 Å². The number of H-pyrrole nitrogens is 1. The lowest BCUT2D eigenvalue weighted by Crippen LogP contribution is -2.28. The van der Waals surface area contributed by atoms with E-state index in [9.17, 15) is 19.7 Å². The second-order valence-corrected chi connectivity index (χ2v) is 4.52. The van der Waals surface area contributed by atoms with Gasteiger partial charge in [-0.2, -0.15) is 0 Å². The number of carbonyl (C=O) groups excluding carboxylic acids is 1. The SMILES string of the molecule is CN(C)C(=O)CNc1cc2nc[nH]c(=O)c2cc1[N+](=O)[O-]. The summed E-state index contributed by atoms with van der Waals surface area (Å²) in [7, 11) is 3.17. The molecule has 0 aliphatic rings. The first-order chi connectivity index (χ1) is 9.90. The van der Waals surface area contributed by atoms with E-state index in [0.29, 0.717) is 5.52 Å². The number of amides is 1. The molecule has 0 atom stereocenters. The van der Waals surface area contributed by atoms with Crippen LogP contribution in [-0.4, -0.2) is 46.3 Å². The van der Waals surface area contributed by atoms with Crippen molar-refractivity contribution in [2.75, 3.05) is 26.0 Å². The number of likely N-dealkylation sites (N-methyl/N-ethyl adjacent to an activating group) is 1. The number of aromatic nitrogens is 2. The number of nitrogens with one attached hydrogen (secondary N) is 2. The van der Waals surface area contributed by atoms with Crippen molar-refractivity contribution in [2.45, 2.75) is 0 Å². The molecular formula is C12H13N5O4. The fourth-order valence-corrected chi connectivity index (χ4v) is 1.73. The molecule has 2 aromatic rings. The van der Waals surface area contributed by atoms with Crippen molar-refractivity contribution in [1.82, 2.24) is 14.9 Å². The van der Waals surface area contributed by atoms with Crippen molar-refractivity contribution < 1.29 is 9.72 Å². The van der Waals surface area contributed by atoms with Gasteiger partial charge in [-0.05, 0) is 6.07 Å². The number of carbonyl (C=O) groups is 1. The molecule has 0 saturated heterocycles. The fourth-order valence-electron chi connectivity index (χ4n) is 1.73. The highest BCUT2D eigenvalue weighted by Gasteiger charge is 2.18. The van der Waals surface area contributed by atoms with Gasteiger partial charge in [0.05, 0.1) is 28.7 Å². The molecular weight excluding hydrogens is 278 g/mol. The van der Waals surface area contributed by atoms with Crippen LogP contribution in [0.4, 0.5) is 11.4 Å². The van der Waals surface area contributed by atoms with Gasteiger partial charge in [0.15, 0.2) is 0 Å². The van der Waals surface area contributed by atoms with Crippen LogP contribution in [0, 0.1) is 10.1 Å². The Labute approximate surface area is 118 Å². The zero-order chi connectivity index (χ0) is 15.6. The number of rotatable bonds is 4. The monoisotopic (exact) mass is 291 g/mol. The van der Waals surface area contributed by atoms with E-state index < -0.39 is 10.5 Å². The molecule has 9 heteroatoms. The Balaban J connectivity index is 2.46. The smallest absolute Gasteiger partial charge is 0.293 e. The van der Waals surface area contributed by atoms with E-state index in [-0.39, 0.29) is 29.2 Å². The Kier molecular flexibility index (Phi) is 3.83. The maximum atomic E-state index is 11.6. The van der Waals surface area contributed by atoms with E-state index >= 15 is 0 Å². The largest absolute Gasteiger partial charge is 0.370 e. The number of benzene rings is 1. The normalized spacial score (nSPS) is 10.4. The van der Waals surface area contributed by atoms with Crippen LogP contribution in [0.1, 0.15) is 0 Å². The summed E-state index contributed by atoms with van der Waals surface area (Å²) in [5, 5.41) is 13.9. The van der Waals surface area contributed by atoms with Crippen LogP contribution in [0.2, 0.25) is 0 Å². The van der Waals surface area contributed by atoms with Gasteiger partial charge in [0.1, 0.15) is 5.69 Å². The molecule has 0 aliphatic carbocycles. The van der Waals surface area contributed by atoms with Gasteiger partial charge < -0.3 is 15.2 Å². The van der Waals surface area contributed by atoms with Crippen LogP contribution in [0.15, 0.2) is 23.3 Å². The maximum Gasteiger partial charge on any atom is 0.293 e. The summed E-state index contributed by atoms with van der Waals surface area (Å²) in [5.41, 5.74) is -0.295. The summed E-state index contributed by atoms with van der Waals surface area (Å²) in [4.78, 5) is 41.3. The van der Waals surface area contributed by atoms with Gasteiger partial charge >= 0.3 is 0 Å². The minimum atomic E-state index is -0.617. The van der Waals surface area contributed by atoms with E-state index in [0.717, 1.165) is 6.07 Å². The van der Waals surface area contributed by atoms with Crippen LogP contribution < -0.4 is 10.9 Å². The van der Waals surface area contributed by atoms with Crippen LogP contribution in [0.3, 0.4) is 0 Å². The Bertz CT molecular complexity index is 768. The van der Waals surface area contributed by atoms with Crippen LogP contribution >= 0.6 is 0 Å². The van der Waals surface area contributed by atoms with Crippen molar-refractivity contribution in [1.29, 1.82) is 0 Å². The van der Waals surface area contributed by atoms with Gasteiger partial charge in [-0.3, -0.25) is 19.7 Å². The first-order valence-electron chi connectivity index (χ1n) is 6.00. The molecule has 0 fully saturated rings. The van der Waals surface area contributed by atoms with E-state index in [2.05, 4.69) is 15.3 Å². The lowest BCUT2D eigenvalue weighted by Gasteiger charge is -2.12. The summed E-state index contributed by atoms with van der Waals surface area (Å²) in [6.45, 7) is -0.0947. The lowest BCUT2D eigenvalue weighted by molar-refractivity contribution is -0.383. The second-order valence-electron chi connectivity index (χ2n) is 4.52. The van der Waals surface area contributed by atoms with Crippen molar-refractivity contribution in [3.8, 4) is 0 Å². The van der Waals surface area contributed by atoms with Crippen molar-refractivity contribution in [3.05, 3.63) is 38.9 Å². The van der Waals surface area contributed by atoms with Gasteiger partial charge in [0, 0.05) is 20.2 Å². The van der Waals surface area contributed by atoms with E-state index in [1.165, 1.54) is 17.3 Å². The number of anilines is 1. The highest BCUT2D eigenvalue weighted by atomic mass is 16.6. The highest BCUT2D eigenvalue weighted by Crippen LogP contribution is 2.27. The Morgan fingerprint density at radius 3 is 2.81 bits per heavy atom. The number of nitro groups is 1. The molecule has 0 spiro atoms. The van der Waals surface area contributed by atoms with Crippen LogP contribution in [-0.2, 0) is 4.79 Å². The molecule has 1 amide bonds. The number of nitro benzene ring substituents is 1. The van der Waals surface area contributed by atoms with Crippen molar-refractivity contribution in [2.24, 2.45) is 0 Å². The van der Waals surface area contributed by atoms with Gasteiger partial charge in [-0.1, -0.05) is 0 Å². The van der Waals surface area contributed by atoms with Gasteiger partial charge in [0.2, 0.25) is 5.91 Å². The molecule has 2 rings (SSSR count). The number of hydrogen-bond acceptors (Lipinski definition) is 6. The lowest BCUT2D eigenvalue weighted by atomic mass is 10.2. The fraction of sp³-hybridized carbons (Fsp3) is 0.250. The second kappa shape index (κ2) is 5.57. The Morgan fingerprint density at radius 2 is 2.19 bits per heavy atom. The molecule has 21 heavy (non-hydrogen) atoms. The summed E-state index contributed by atoms with van der Waals surface area (Å²) in [6.07, 6.45) is 1.21. The molecule has 0 unspecified atom stereocenters. The predicted molar refractivity (Wildman–Crippen MR) is 76.2 cm³/mol. The first kappa shape index (κ1) is 14.4. The summed E-state index contributed by atoms with van der Waals surface area (Å²) < 4.78 is 0. The number of fused-ring (bicyclic) bond motifs is 1. The molecule has 0 aliphatic heterocycles. The summed E-state index contributed by atoms with van der Waals surface area (Å²) in [5.74, 6) is -0.233. The highest BCUT2D eigenvalue weighted by molar-refractivity contribution is 5.88. The molecule has 1 aromatic heterocycles. The van der Waals surface area contributed by atoms with E-state index in [1.54, 1.807) is 14.1 Å². The average molecular weight is 291 g/mol. The molecule has 0 bridgehead atoms. The Hall–Kier alpha value is -2.97. The quantitative estimate of drug-likeness (QED) is 0.618. The molecule has 0 radical (unpaired) electrons. The molecule has 110 valence electrons. The molecule has 0 saturated carbocycles. The van der Waals surface area contributed by atoms with Gasteiger partial charge in [0.25, 0.3) is 11.2 Å². The molecule has 9 nitrogen and oxygen atoms in total. The van der Waals surface area contributed by atoms with Crippen molar-refractivity contribution in [3.63, 3.8) is 0 Å². The topological polar surface area (TPSA) is 121 Å². The third-order valence-corrected chi connectivity index (χ3v) is 2.88. The number of hydrogen-bond donors (Lipinski definition) is 2. The minimum Gasteiger partial charge on any atom is -0.370 e. The van der Waals surface area contributed by atoms with E-state index in [4.69, 9.17) is 0 Å². The third-order valence-electron chi connectivity index (χ3n) is 2.88. The number of aromatic amines is 1. The van der Waals surface area contributed by atoms with Crippen LogP contribution in [0.25, 0.3) is 10.9 Å². The standard InChI is InChI=1S/C12H13N5O4/c1-16(2)11(18)5-13-9-4-8-7(3-10(9)17(20)21)12(19)15-6-14-8/h3-4,6,13H,5H2,1-2H3,(H,14,15,19). The molecule has 1 aromatic carbocycles. The zero-order valence-electron chi connectivity index (χ0n) is 11.4. The third kappa shape index (κ3) is 2.96. The average Bonchev–Trinajstić information content (AvgIpc) is 2.43. The molecule has 2 N–H and O–H groups in total. The predicted octanol–water partition coefficient (Wildman–Crippen LogP) is 0.331. The minimum absolute atomic E-state index is 0.0947. The zero-order valence-corrected chi connectivity index (χ0v) is 11.4. The summed E-state index contributed by atoms with van der Waals surface area (Å²) >= 11 is 0. The van der Waals surface area contributed by atoms with E-state index in [1.807, 2.05) is 0 Å². The number of nitrogens with zero attached hydrogens (tertiary/aromatic N) is 3. The van der Waals surface area contributed by atoms with Crippen LogP contribution in [0.5, 0.6) is 0 Å².